The van der Waals surface area contributed by atoms with Crippen LogP contribution in [0.25, 0.3) is 22.4 Å². The topological polar surface area (TPSA) is 88.2 Å². The lowest BCUT2D eigenvalue weighted by Gasteiger charge is -2.22. The van der Waals surface area contributed by atoms with E-state index in [2.05, 4.69) is 25.9 Å². The van der Waals surface area contributed by atoms with Gasteiger partial charge in [-0.15, -0.1) is 0 Å². The number of fused-ring (bicyclic) bond motifs is 1. The highest BCUT2D eigenvalue weighted by Gasteiger charge is 2.21. The van der Waals surface area contributed by atoms with Crippen molar-refractivity contribution in [3.8, 4) is 28.1 Å². The minimum Gasteiger partial charge on any atom is -0.487 e. The number of amides is 1. The minimum atomic E-state index is -0.435. The molecule has 0 radical (unpaired) electrons. The maximum Gasteiger partial charge on any atom is 0.249 e. The van der Waals surface area contributed by atoms with Gasteiger partial charge < -0.3 is 20.7 Å². The van der Waals surface area contributed by atoms with Gasteiger partial charge in [-0.3, -0.25) is 9.78 Å². The molecule has 1 aromatic carbocycles. The summed E-state index contributed by atoms with van der Waals surface area (Å²) >= 11 is 6.08. The number of carbonyl (C=O) groups is 1. The smallest absolute Gasteiger partial charge is 0.249 e. The molecule has 1 aliphatic rings. The summed E-state index contributed by atoms with van der Waals surface area (Å²) in [7, 11) is 1.70. The number of benzene rings is 1. The number of hydrogen-bond donors (Lipinski definition) is 3. The molecular formula is C22H19ClFN5O2. The molecule has 1 amide bonds. The second kappa shape index (κ2) is 9.01. The van der Waals surface area contributed by atoms with Crippen LogP contribution in [-0.2, 0) is 4.79 Å². The number of nitrogens with zero attached hydrogens (tertiary/aromatic N) is 2. The lowest BCUT2D eigenvalue weighted by atomic mass is 10.0. The molecule has 3 aromatic rings. The van der Waals surface area contributed by atoms with Gasteiger partial charge in [0.15, 0.2) is 11.6 Å². The molecule has 1 aliphatic heterocycles. The van der Waals surface area contributed by atoms with Crippen molar-refractivity contribution >= 4 is 29.0 Å². The summed E-state index contributed by atoms with van der Waals surface area (Å²) in [6, 6.07) is 7.81. The van der Waals surface area contributed by atoms with E-state index in [1.54, 1.807) is 31.6 Å². The number of pyridine rings is 2. The summed E-state index contributed by atoms with van der Waals surface area (Å²) < 4.78 is 20.4. The predicted molar refractivity (Wildman–Crippen MR) is 119 cm³/mol. The molecule has 0 spiro atoms. The number of aromatic nitrogens is 2. The van der Waals surface area contributed by atoms with E-state index >= 15 is 0 Å². The SMILES string of the molecule is CNC=CC(=O)Nc1cncc(-c2cc(-c3cc(Cl)ccc3F)nc3c2OCCN3)c1. The number of carbonyl (C=O) groups excluding carboxylic acids is 1. The molecule has 0 unspecified atom stereocenters. The highest BCUT2D eigenvalue weighted by Crippen LogP contribution is 2.40. The summed E-state index contributed by atoms with van der Waals surface area (Å²) in [5.41, 5.74) is 2.53. The van der Waals surface area contributed by atoms with E-state index in [9.17, 15) is 9.18 Å². The molecular weight excluding hydrogens is 421 g/mol. The Morgan fingerprint density at radius 1 is 1.26 bits per heavy atom. The molecule has 0 atom stereocenters. The Kier molecular flexibility index (Phi) is 5.99. The molecule has 7 nitrogen and oxygen atoms in total. The number of nitrogens with one attached hydrogen (secondary N) is 3. The lowest BCUT2D eigenvalue weighted by molar-refractivity contribution is -0.111. The van der Waals surface area contributed by atoms with Crippen molar-refractivity contribution in [2.24, 2.45) is 0 Å². The van der Waals surface area contributed by atoms with Crippen molar-refractivity contribution in [2.75, 3.05) is 30.8 Å². The maximum atomic E-state index is 14.5. The van der Waals surface area contributed by atoms with Gasteiger partial charge in [0.25, 0.3) is 0 Å². The van der Waals surface area contributed by atoms with E-state index in [4.69, 9.17) is 16.3 Å². The first kappa shape index (κ1) is 20.6. The van der Waals surface area contributed by atoms with Crippen molar-refractivity contribution in [3.05, 3.63) is 65.8 Å². The first-order valence-corrected chi connectivity index (χ1v) is 9.90. The second-order valence-electron chi connectivity index (χ2n) is 6.71. The van der Waals surface area contributed by atoms with Crippen molar-refractivity contribution in [2.45, 2.75) is 0 Å². The van der Waals surface area contributed by atoms with Crippen LogP contribution >= 0.6 is 11.6 Å². The third-order valence-corrected chi connectivity index (χ3v) is 4.77. The van der Waals surface area contributed by atoms with Crippen LogP contribution in [0.2, 0.25) is 5.02 Å². The van der Waals surface area contributed by atoms with E-state index in [1.807, 2.05) is 0 Å². The van der Waals surface area contributed by atoms with Crippen LogP contribution in [0.1, 0.15) is 0 Å². The fourth-order valence-corrected chi connectivity index (χ4v) is 3.34. The average Bonchev–Trinajstić information content (AvgIpc) is 2.78. The molecule has 31 heavy (non-hydrogen) atoms. The van der Waals surface area contributed by atoms with Gasteiger partial charge in [0.05, 0.1) is 24.1 Å². The maximum absolute atomic E-state index is 14.5. The first-order valence-electron chi connectivity index (χ1n) is 9.52. The third-order valence-electron chi connectivity index (χ3n) is 4.54. The van der Waals surface area contributed by atoms with Crippen LogP contribution in [0.5, 0.6) is 5.75 Å². The molecule has 4 rings (SSSR count). The summed E-state index contributed by atoms with van der Waals surface area (Å²) in [6.45, 7) is 1.04. The van der Waals surface area contributed by atoms with E-state index in [-0.39, 0.29) is 11.5 Å². The molecule has 158 valence electrons. The van der Waals surface area contributed by atoms with Gasteiger partial charge in [-0.05, 0) is 30.3 Å². The summed E-state index contributed by atoms with van der Waals surface area (Å²) in [4.78, 5) is 20.8. The van der Waals surface area contributed by atoms with Gasteiger partial charge >= 0.3 is 0 Å². The molecule has 0 aliphatic carbocycles. The quantitative estimate of drug-likeness (QED) is 0.519. The van der Waals surface area contributed by atoms with Crippen LogP contribution in [-0.4, -0.2) is 36.1 Å². The molecule has 0 bridgehead atoms. The van der Waals surface area contributed by atoms with Gasteiger partial charge in [-0.2, -0.15) is 0 Å². The van der Waals surface area contributed by atoms with E-state index in [0.29, 0.717) is 52.2 Å². The normalized spacial score (nSPS) is 12.6. The van der Waals surface area contributed by atoms with E-state index < -0.39 is 5.82 Å². The van der Waals surface area contributed by atoms with Crippen LogP contribution < -0.4 is 20.7 Å². The first-order chi connectivity index (χ1) is 15.0. The van der Waals surface area contributed by atoms with Gasteiger partial charge in [0.1, 0.15) is 12.4 Å². The molecule has 0 fully saturated rings. The molecule has 2 aromatic heterocycles. The minimum absolute atomic E-state index is 0.276. The van der Waals surface area contributed by atoms with Gasteiger partial charge in [-0.1, -0.05) is 11.6 Å². The van der Waals surface area contributed by atoms with Gasteiger partial charge in [0, 0.05) is 47.2 Å². The van der Waals surface area contributed by atoms with E-state index in [1.165, 1.54) is 30.5 Å². The molecule has 0 saturated carbocycles. The molecule has 0 saturated heterocycles. The third kappa shape index (κ3) is 4.59. The zero-order valence-electron chi connectivity index (χ0n) is 16.6. The zero-order valence-corrected chi connectivity index (χ0v) is 17.3. The Morgan fingerprint density at radius 2 is 2.13 bits per heavy atom. The summed E-state index contributed by atoms with van der Waals surface area (Å²) in [5.74, 6) is 0.307. The fraction of sp³-hybridized carbons (Fsp3) is 0.136. The van der Waals surface area contributed by atoms with Crippen LogP contribution in [0.15, 0.2) is 55.0 Å². The second-order valence-corrected chi connectivity index (χ2v) is 7.14. The molecule has 3 N–H and O–H groups in total. The average molecular weight is 440 g/mol. The van der Waals surface area contributed by atoms with Crippen LogP contribution in [0.4, 0.5) is 15.9 Å². The van der Waals surface area contributed by atoms with Gasteiger partial charge in [-0.25, -0.2) is 9.37 Å². The standard InChI is InChI=1S/C22H19ClFN5O2/c1-25-5-4-20(30)28-15-8-13(11-26-12-15)16-10-19(17-9-14(23)2-3-18(17)24)29-22-21(16)31-7-6-27-22/h2-5,8-12,25H,6-7H2,1H3,(H,27,29)(H,28,30). The van der Waals surface area contributed by atoms with Gasteiger partial charge in [0.2, 0.25) is 5.91 Å². The van der Waals surface area contributed by atoms with Crippen LogP contribution in [0.3, 0.4) is 0 Å². The number of rotatable bonds is 5. The largest absolute Gasteiger partial charge is 0.487 e. The fourth-order valence-electron chi connectivity index (χ4n) is 3.17. The predicted octanol–water partition coefficient (Wildman–Crippen LogP) is 4.08. The number of ether oxygens (including phenoxy) is 1. The number of anilines is 2. The van der Waals surface area contributed by atoms with Crippen molar-refractivity contribution in [1.29, 1.82) is 0 Å². The number of hydrogen-bond acceptors (Lipinski definition) is 6. The highest BCUT2D eigenvalue weighted by atomic mass is 35.5. The van der Waals surface area contributed by atoms with E-state index in [0.717, 1.165) is 0 Å². The Morgan fingerprint density at radius 3 is 2.97 bits per heavy atom. The Bertz CT molecular complexity index is 1170. The van der Waals surface area contributed by atoms with Crippen molar-refractivity contribution in [3.63, 3.8) is 0 Å². The highest BCUT2D eigenvalue weighted by molar-refractivity contribution is 6.30. The summed E-state index contributed by atoms with van der Waals surface area (Å²) in [5, 5.41) is 9.11. The zero-order chi connectivity index (χ0) is 21.8. The number of halogens is 2. The Hall–Kier alpha value is -3.65. The summed E-state index contributed by atoms with van der Waals surface area (Å²) in [6.07, 6.45) is 6.08. The van der Waals surface area contributed by atoms with Crippen LogP contribution in [0, 0.1) is 5.82 Å². The van der Waals surface area contributed by atoms with Crippen molar-refractivity contribution in [1.82, 2.24) is 15.3 Å². The lowest BCUT2D eigenvalue weighted by Crippen LogP contribution is -2.20. The monoisotopic (exact) mass is 439 g/mol. The molecule has 3 heterocycles. The van der Waals surface area contributed by atoms with Crippen molar-refractivity contribution < 1.29 is 13.9 Å². The Balaban J connectivity index is 1.79. The Labute approximate surface area is 183 Å². The molecule has 9 heteroatoms.